The van der Waals surface area contributed by atoms with E-state index in [2.05, 4.69) is 6.92 Å². The van der Waals surface area contributed by atoms with Crippen molar-refractivity contribution in [2.24, 2.45) is 29.6 Å². The zero-order valence-corrected chi connectivity index (χ0v) is 25.7. The van der Waals surface area contributed by atoms with Crippen molar-refractivity contribution in [3.63, 3.8) is 0 Å². The van der Waals surface area contributed by atoms with Gasteiger partial charge in [0.15, 0.2) is 6.29 Å². The maximum Gasteiger partial charge on any atom is 0.416 e. The van der Waals surface area contributed by atoms with Gasteiger partial charge in [0.2, 0.25) is 0 Å². The molecule has 1 saturated heterocycles. The van der Waals surface area contributed by atoms with Gasteiger partial charge in [-0.25, -0.2) is 8.78 Å². The fourth-order valence-electron chi connectivity index (χ4n) is 7.39. The molecule has 0 N–H and O–H groups in total. The molecule has 3 fully saturated rings. The molecule has 2 saturated carbocycles. The second-order valence-electron chi connectivity index (χ2n) is 13.2. The van der Waals surface area contributed by atoms with Crippen LogP contribution in [0.3, 0.4) is 0 Å². The van der Waals surface area contributed by atoms with Crippen LogP contribution in [0.1, 0.15) is 89.5 Å². The first kappa shape index (κ1) is 34.0. The lowest BCUT2D eigenvalue weighted by atomic mass is 9.74. The lowest BCUT2D eigenvalue weighted by molar-refractivity contribution is -0.251. The molecule has 0 spiro atoms. The molecule has 0 atom stereocenters. The molecular formula is C35H43F7O3. The summed E-state index contributed by atoms with van der Waals surface area (Å²) < 4.78 is 115. The summed E-state index contributed by atoms with van der Waals surface area (Å²) >= 11 is 0. The fraction of sp³-hybridized carbons (Fsp3) is 0.657. The molecule has 0 aromatic heterocycles. The van der Waals surface area contributed by atoms with Crippen molar-refractivity contribution in [2.75, 3.05) is 13.2 Å². The van der Waals surface area contributed by atoms with Crippen molar-refractivity contribution in [1.29, 1.82) is 0 Å². The van der Waals surface area contributed by atoms with E-state index in [4.69, 9.17) is 14.2 Å². The van der Waals surface area contributed by atoms with Gasteiger partial charge in [-0.05, 0) is 68.1 Å². The highest BCUT2D eigenvalue weighted by Gasteiger charge is 2.46. The Morgan fingerprint density at radius 2 is 1.31 bits per heavy atom. The molecule has 1 heterocycles. The molecule has 250 valence electrons. The first-order valence-electron chi connectivity index (χ1n) is 16.4. The number of rotatable bonds is 10. The van der Waals surface area contributed by atoms with Gasteiger partial charge < -0.3 is 14.2 Å². The van der Waals surface area contributed by atoms with E-state index < -0.39 is 53.0 Å². The van der Waals surface area contributed by atoms with Gasteiger partial charge in [-0.1, -0.05) is 57.6 Å². The van der Waals surface area contributed by atoms with Crippen molar-refractivity contribution in [3.8, 4) is 16.9 Å². The van der Waals surface area contributed by atoms with Crippen LogP contribution in [0.25, 0.3) is 11.1 Å². The number of hydrogen-bond acceptors (Lipinski definition) is 3. The Bertz CT molecular complexity index is 1200. The average molecular weight is 645 g/mol. The predicted octanol–water partition coefficient (Wildman–Crippen LogP) is 10.8. The molecule has 0 bridgehead atoms. The lowest BCUT2D eigenvalue weighted by Crippen LogP contribution is -2.43. The molecule has 0 unspecified atom stereocenters. The Hall–Kier alpha value is -2.33. The van der Waals surface area contributed by atoms with E-state index in [1.165, 1.54) is 51.4 Å². The third kappa shape index (κ3) is 8.53. The smallest absolute Gasteiger partial charge is 0.416 e. The summed E-state index contributed by atoms with van der Waals surface area (Å²) in [6.07, 6.45) is 2.69. The SMILES string of the molecule is CCCCCC1CCC(C2COC(C3CCC(C(F)(F)Oc4cc(F)c(-c5ccc(C(F)(F)F)cc5)c(F)c4)CC3)OC2)CC1. The molecule has 45 heavy (non-hydrogen) atoms. The van der Waals surface area contributed by atoms with Gasteiger partial charge in [0, 0.05) is 24.0 Å². The standard InChI is InChI=1S/C35H43F7O3/c1-2-3-4-5-22-6-8-23(9-7-22)26-20-43-33(44-21-26)25-12-16-28(17-13-25)35(41,42)45-29-18-30(36)32(31(37)19-29)24-10-14-27(15-11-24)34(38,39)40/h10-11,14-15,18-19,22-23,25-26,28,33H,2-9,12-13,16-17,20-21H2,1H3. The fourth-order valence-corrected chi connectivity index (χ4v) is 7.39. The van der Waals surface area contributed by atoms with Crippen molar-refractivity contribution in [3.05, 3.63) is 53.6 Å². The molecule has 10 heteroatoms. The molecule has 3 aliphatic rings. The van der Waals surface area contributed by atoms with Crippen LogP contribution in [0.4, 0.5) is 30.7 Å². The summed E-state index contributed by atoms with van der Waals surface area (Å²) in [6, 6.07) is 4.52. The maximum atomic E-state index is 15.1. The number of benzene rings is 2. The number of alkyl halides is 5. The Morgan fingerprint density at radius 1 is 0.733 bits per heavy atom. The van der Waals surface area contributed by atoms with Gasteiger partial charge in [-0.2, -0.15) is 22.0 Å². The minimum atomic E-state index is -4.61. The first-order chi connectivity index (χ1) is 21.4. The average Bonchev–Trinajstić information content (AvgIpc) is 3.01. The predicted molar refractivity (Wildman–Crippen MR) is 157 cm³/mol. The maximum absolute atomic E-state index is 15.1. The molecule has 3 nitrogen and oxygen atoms in total. The van der Waals surface area contributed by atoms with Crippen molar-refractivity contribution < 1.29 is 44.9 Å². The quantitative estimate of drug-likeness (QED) is 0.190. The summed E-state index contributed by atoms with van der Waals surface area (Å²) in [5.74, 6) is -2.45. The molecule has 0 radical (unpaired) electrons. The molecule has 5 rings (SSSR count). The van der Waals surface area contributed by atoms with Crippen LogP contribution in [0.2, 0.25) is 0 Å². The van der Waals surface area contributed by atoms with Gasteiger partial charge in [-0.15, -0.1) is 0 Å². The van der Waals surface area contributed by atoms with E-state index in [1.807, 2.05) is 0 Å². The Morgan fingerprint density at radius 3 is 1.87 bits per heavy atom. The highest BCUT2D eigenvalue weighted by molar-refractivity contribution is 5.66. The lowest BCUT2D eigenvalue weighted by Gasteiger charge is -2.41. The normalized spacial score (nSPS) is 28.2. The first-order valence-corrected chi connectivity index (χ1v) is 16.4. The summed E-state index contributed by atoms with van der Waals surface area (Å²) in [6.45, 7) is 3.50. The summed E-state index contributed by atoms with van der Waals surface area (Å²) in [7, 11) is 0. The number of hydrogen-bond donors (Lipinski definition) is 0. The third-order valence-corrected chi connectivity index (χ3v) is 10.1. The molecule has 0 amide bonds. The van der Waals surface area contributed by atoms with Gasteiger partial charge in [0.05, 0.1) is 30.3 Å². The Kier molecular flexibility index (Phi) is 11.0. The van der Waals surface area contributed by atoms with Crippen LogP contribution in [-0.2, 0) is 15.7 Å². The molecule has 2 aromatic carbocycles. The topological polar surface area (TPSA) is 27.7 Å². The van der Waals surface area contributed by atoms with E-state index in [-0.39, 0.29) is 24.3 Å². The van der Waals surface area contributed by atoms with Crippen LogP contribution in [0.15, 0.2) is 36.4 Å². The monoisotopic (exact) mass is 644 g/mol. The highest BCUT2D eigenvalue weighted by Crippen LogP contribution is 2.44. The van der Waals surface area contributed by atoms with E-state index in [0.717, 1.165) is 18.1 Å². The van der Waals surface area contributed by atoms with Gasteiger partial charge in [-0.3, -0.25) is 0 Å². The van der Waals surface area contributed by atoms with Crippen molar-refractivity contribution in [1.82, 2.24) is 0 Å². The van der Waals surface area contributed by atoms with E-state index in [1.54, 1.807) is 0 Å². The van der Waals surface area contributed by atoms with Crippen LogP contribution >= 0.6 is 0 Å². The largest absolute Gasteiger partial charge is 0.432 e. The third-order valence-electron chi connectivity index (χ3n) is 10.1. The van der Waals surface area contributed by atoms with Crippen LogP contribution in [0, 0.1) is 41.2 Å². The zero-order chi connectivity index (χ0) is 32.2. The zero-order valence-electron chi connectivity index (χ0n) is 25.7. The van der Waals surface area contributed by atoms with E-state index in [0.29, 0.717) is 62.2 Å². The van der Waals surface area contributed by atoms with Crippen LogP contribution < -0.4 is 4.74 Å². The second-order valence-corrected chi connectivity index (χ2v) is 13.2. The minimum absolute atomic E-state index is 0.00907. The summed E-state index contributed by atoms with van der Waals surface area (Å²) in [4.78, 5) is 0. The number of ether oxygens (including phenoxy) is 3. The van der Waals surface area contributed by atoms with E-state index in [9.17, 15) is 22.0 Å². The molecule has 1 aliphatic heterocycles. The van der Waals surface area contributed by atoms with Crippen molar-refractivity contribution >= 4 is 0 Å². The van der Waals surface area contributed by atoms with Gasteiger partial charge >= 0.3 is 12.3 Å². The molecule has 2 aromatic rings. The number of unbranched alkanes of at least 4 members (excludes halogenated alkanes) is 2. The summed E-state index contributed by atoms with van der Waals surface area (Å²) in [5.41, 5.74) is -1.75. The molecular weight excluding hydrogens is 601 g/mol. The van der Waals surface area contributed by atoms with E-state index >= 15 is 8.78 Å². The van der Waals surface area contributed by atoms with Crippen LogP contribution in [0.5, 0.6) is 5.75 Å². The minimum Gasteiger partial charge on any atom is -0.432 e. The van der Waals surface area contributed by atoms with Gasteiger partial charge in [0.25, 0.3) is 0 Å². The second kappa shape index (κ2) is 14.6. The van der Waals surface area contributed by atoms with Crippen LogP contribution in [-0.4, -0.2) is 25.6 Å². The highest BCUT2D eigenvalue weighted by atomic mass is 19.4. The molecule has 2 aliphatic carbocycles. The van der Waals surface area contributed by atoms with Crippen molar-refractivity contribution in [2.45, 2.75) is 103 Å². The Balaban J connectivity index is 1.09. The Labute approximate surface area is 260 Å². The number of halogens is 7. The summed E-state index contributed by atoms with van der Waals surface area (Å²) in [5, 5.41) is 0. The van der Waals surface area contributed by atoms with Gasteiger partial charge in [0.1, 0.15) is 17.4 Å².